The molecule has 0 amide bonds. The van der Waals surface area contributed by atoms with Crippen molar-refractivity contribution in [2.45, 2.75) is 17.6 Å². The molecule has 2 aromatic rings. The minimum atomic E-state index is 0.402. The van der Waals surface area contributed by atoms with Crippen LogP contribution in [0.15, 0.2) is 53.4 Å². The minimum Gasteiger partial charge on any atom is -0.320 e. The highest BCUT2D eigenvalue weighted by molar-refractivity contribution is 7.98. The van der Waals surface area contributed by atoms with E-state index in [0.717, 1.165) is 11.3 Å². The van der Waals surface area contributed by atoms with Crippen LogP contribution in [0.5, 0.6) is 0 Å². The average molecular weight is 267 g/mol. The van der Waals surface area contributed by atoms with E-state index in [1.807, 2.05) is 17.8 Å². The van der Waals surface area contributed by atoms with Crippen LogP contribution >= 0.6 is 11.8 Å². The van der Waals surface area contributed by atoms with Gasteiger partial charge in [0.25, 0.3) is 0 Å². The van der Waals surface area contributed by atoms with Crippen LogP contribution in [0.25, 0.3) is 0 Å². The topological polar surface area (TPSA) is 26.0 Å². The van der Waals surface area contributed by atoms with Crippen LogP contribution in [0.4, 0.5) is 0 Å². The first-order chi connectivity index (χ1) is 9.29. The maximum Gasteiger partial charge on any atom is 0.0555 e. The number of hydrogen-bond acceptors (Lipinski definition) is 2. The third-order valence-electron chi connectivity index (χ3n) is 2.73. The molecule has 0 aliphatic rings. The van der Waals surface area contributed by atoms with E-state index in [1.54, 1.807) is 0 Å². The molecule has 0 aromatic heterocycles. The molecule has 0 bridgehead atoms. The Hall–Kier alpha value is -1.69. The molecule has 2 rings (SSSR count). The van der Waals surface area contributed by atoms with E-state index in [0.29, 0.717) is 6.54 Å². The Morgan fingerprint density at radius 2 is 1.95 bits per heavy atom. The summed E-state index contributed by atoms with van der Waals surface area (Å²) in [5.41, 5.74) is 9.06. The summed E-state index contributed by atoms with van der Waals surface area (Å²) in [6.07, 6.45) is 0. The van der Waals surface area contributed by atoms with E-state index in [1.165, 1.54) is 16.0 Å². The first kappa shape index (κ1) is 13.7. The van der Waals surface area contributed by atoms with E-state index in [9.17, 15) is 0 Å². The zero-order chi connectivity index (χ0) is 13.5. The van der Waals surface area contributed by atoms with Gasteiger partial charge in [0.05, 0.1) is 6.54 Å². The lowest BCUT2D eigenvalue weighted by Crippen LogP contribution is -1.94. The van der Waals surface area contributed by atoms with Gasteiger partial charge in [0.2, 0.25) is 0 Å². The van der Waals surface area contributed by atoms with E-state index < -0.39 is 0 Å². The van der Waals surface area contributed by atoms with Crippen LogP contribution in [-0.4, -0.2) is 6.54 Å². The van der Waals surface area contributed by atoms with E-state index in [4.69, 9.17) is 5.73 Å². The Morgan fingerprint density at radius 1 is 1.11 bits per heavy atom. The Bertz CT molecular complexity index is 608. The molecule has 0 aliphatic carbocycles. The molecular formula is C17H17NS. The van der Waals surface area contributed by atoms with Crippen LogP contribution in [0.1, 0.15) is 16.7 Å². The molecule has 0 saturated heterocycles. The van der Waals surface area contributed by atoms with Crippen molar-refractivity contribution >= 4 is 11.8 Å². The van der Waals surface area contributed by atoms with Crippen LogP contribution in [0, 0.1) is 18.8 Å². The summed E-state index contributed by atoms with van der Waals surface area (Å²) in [6.45, 7) is 2.52. The largest absolute Gasteiger partial charge is 0.320 e. The van der Waals surface area contributed by atoms with Crippen molar-refractivity contribution in [2.75, 3.05) is 6.54 Å². The van der Waals surface area contributed by atoms with Gasteiger partial charge in [-0.05, 0) is 30.7 Å². The molecule has 2 aromatic carbocycles. The highest BCUT2D eigenvalue weighted by atomic mass is 32.2. The lowest BCUT2D eigenvalue weighted by atomic mass is 10.1. The molecule has 0 atom stereocenters. The first-order valence-corrected chi connectivity index (χ1v) is 7.24. The second-order valence-electron chi connectivity index (χ2n) is 4.27. The molecule has 0 spiro atoms. The van der Waals surface area contributed by atoms with Crippen molar-refractivity contribution in [1.29, 1.82) is 0 Å². The molecule has 2 N–H and O–H groups in total. The van der Waals surface area contributed by atoms with Gasteiger partial charge in [-0.25, -0.2) is 0 Å². The normalized spacial score (nSPS) is 9.79. The monoisotopic (exact) mass is 267 g/mol. The molecule has 0 heterocycles. The second kappa shape index (κ2) is 7.04. The average Bonchev–Trinajstić information content (AvgIpc) is 2.44. The third kappa shape index (κ3) is 4.17. The summed E-state index contributed by atoms with van der Waals surface area (Å²) < 4.78 is 0. The Morgan fingerprint density at radius 3 is 2.74 bits per heavy atom. The predicted molar refractivity (Wildman–Crippen MR) is 83.1 cm³/mol. The van der Waals surface area contributed by atoms with E-state index >= 15 is 0 Å². The number of rotatable bonds is 3. The first-order valence-electron chi connectivity index (χ1n) is 6.26. The second-order valence-corrected chi connectivity index (χ2v) is 5.32. The van der Waals surface area contributed by atoms with Gasteiger partial charge in [-0.1, -0.05) is 47.7 Å². The molecule has 1 nitrogen and oxygen atoms in total. The molecule has 0 fully saturated rings. The van der Waals surface area contributed by atoms with Gasteiger partial charge < -0.3 is 5.73 Å². The zero-order valence-corrected chi connectivity index (χ0v) is 11.8. The lowest BCUT2D eigenvalue weighted by Gasteiger charge is -2.05. The number of aryl methyl sites for hydroxylation is 1. The molecule has 0 radical (unpaired) electrons. The lowest BCUT2D eigenvalue weighted by molar-refractivity contribution is 1.29. The fourth-order valence-electron chi connectivity index (χ4n) is 1.78. The molecule has 0 unspecified atom stereocenters. The molecule has 0 aliphatic heterocycles. The van der Waals surface area contributed by atoms with Crippen molar-refractivity contribution in [3.8, 4) is 11.8 Å². The van der Waals surface area contributed by atoms with Crippen molar-refractivity contribution in [3.05, 3.63) is 65.2 Å². The van der Waals surface area contributed by atoms with Crippen LogP contribution in [-0.2, 0) is 5.75 Å². The summed E-state index contributed by atoms with van der Waals surface area (Å²) in [6, 6.07) is 16.8. The van der Waals surface area contributed by atoms with E-state index in [2.05, 4.69) is 61.2 Å². The standard InChI is InChI=1S/C17H17NS/c1-14-6-4-10-17(12-14)19-13-16-8-3-2-7-15(16)9-5-11-18/h2-4,6-8,10,12H,11,13,18H2,1H3. The number of thioether (sulfide) groups is 1. The third-order valence-corrected chi connectivity index (χ3v) is 3.77. The molecule has 2 heteroatoms. The Balaban J connectivity index is 2.11. The maximum absolute atomic E-state index is 5.43. The predicted octanol–water partition coefficient (Wildman–Crippen LogP) is 3.60. The van der Waals surface area contributed by atoms with Gasteiger partial charge in [0.1, 0.15) is 0 Å². The number of hydrogen-bond donors (Lipinski definition) is 1. The van der Waals surface area contributed by atoms with Crippen molar-refractivity contribution in [2.24, 2.45) is 5.73 Å². The highest BCUT2D eigenvalue weighted by Crippen LogP contribution is 2.24. The quantitative estimate of drug-likeness (QED) is 0.679. The SMILES string of the molecule is Cc1cccc(SCc2ccccc2C#CCN)c1. The smallest absolute Gasteiger partial charge is 0.0555 e. The summed E-state index contributed by atoms with van der Waals surface area (Å²) in [5, 5.41) is 0. The van der Waals surface area contributed by atoms with Gasteiger partial charge >= 0.3 is 0 Å². The zero-order valence-electron chi connectivity index (χ0n) is 11.0. The summed E-state index contributed by atoms with van der Waals surface area (Å²) in [7, 11) is 0. The Kier molecular flexibility index (Phi) is 5.09. The Labute approximate surface area is 119 Å². The van der Waals surface area contributed by atoms with Gasteiger partial charge in [-0.15, -0.1) is 11.8 Å². The minimum absolute atomic E-state index is 0.402. The van der Waals surface area contributed by atoms with Crippen molar-refractivity contribution < 1.29 is 0 Å². The van der Waals surface area contributed by atoms with E-state index in [-0.39, 0.29) is 0 Å². The van der Waals surface area contributed by atoms with Crippen LogP contribution in [0.3, 0.4) is 0 Å². The highest BCUT2D eigenvalue weighted by Gasteiger charge is 2.01. The van der Waals surface area contributed by atoms with Gasteiger partial charge in [-0.3, -0.25) is 0 Å². The summed E-state index contributed by atoms with van der Waals surface area (Å²) >= 11 is 1.84. The van der Waals surface area contributed by atoms with Crippen molar-refractivity contribution in [1.82, 2.24) is 0 Å². The fourth-order valence-corrected chi connectivity index (χ4v) is 2.80. The molecular weight excluding hydrogens is 250 g/mol. The maximum atomic E-state index is 5.43. The van der Waals surface area contributed by atoms with Gasteiger partial charge in [0.15, 0.2) is 0 Å². The molecule has 96 valence electrons. The van der Waals surface area contributed by atoms with Crippen LogP contribution < -0.4 is 5.73 Å². The van der Waals surface area contributed by atoms with Gasteiger partial charge in [0, 0.05) is 16.2 Å². The number of nitrogens with two attached hydrogens (primary N) is 1. The summed E-state index contributed by atoms with van der Waals surface area (Å²) in [4.78, 5) is 1.29. The number of benzene rings is 2. The molecule has 0 saturated carbocycles. The van der Waals surface area contributed by atoms with Crippen molar-refractivity contribution in [3.63, 3.8) is 0 Å². The van der Waals surface area contributed by atoms with Crippen LogP contribution in [0.2, 0.25) is 0 Å². The summed E-state index contributed by atoms with van der Waals surface area (Å²) in [5.74, 6) is 6.98. The fraction of sp³-hybridized carbons (Fsp3) is 0.176. The van der Waals surface area contributed by atoms with Gasteiger partial charge in [-0.2, -0.15) is 0 Å². The molecule has 19 heavy (non-hydrogen) atoms.